The van der Waals surface area contributed by atoms with Crippen LogP contribution in [0.2, 0.25) is 5.02 Å². The van der Waals surface area contributed by atoms with E-state index in [2.05, 4.69) is 4.74 Å². The van der Waals surface area contributed by atoms with Crippen molar-refractivity contribution >= 4 is 23.3 Å². The number of carboxylic acid groups (broad SMARTS) is 1. The predicted molar refractivity (Wildman–Crippen MR) is 83.5 cm³/mol. The van der Waals surface area contributed by atoms with Crippen molar-refractivity contribution in [3.8, 4) is 5.75 Å². The van der Waals surface area contributed by atoms with Gasteiger partial charge in [-0.05, 0) is 23.8 Å². The van der Waals surface area contributed by atoms with Crippen LogP contribution in [0.1, 0.15) is 11.1 Å². The molecule has 25 heavy (non-hydrogen) atoms. The molecule has 0 fully saturated rings. The number of hydrogen-bond acceptors (Lipinski definition) is 3. The Balaban J connectivity index is 2.33. The summed E-state index contributed by atoms with van der Waals surface area (Å²) in [5.74, 6) is -0.913. The molecule has 2 aromatic carbocycles. The average molecular weight is 371 g/mol. The van der Waals surface area contributed by atoms with Crippen LogP contribution in [0.15, 0.2) is 54.3 Å². The van der Waals surface area contributed by atoms with E-state index < -0.39 is 24.2 Å². The van der Waals surface area contributed by atoms with Gasteiger partial charge in [0.25, 0.3) is 6.10 Å². The summed E-state index contributed by atoms with van der Waals surface area (Å²) >= 11 is 5.95. The first-order valence-electron chi connectivity index (χ1n) is 7.01. The summed E-state index contributed by atoms with van der Waals surface area (Å²) in [6, 6.07) is 12.1. The third kappa shape index (κ3) is 3.41. The van der Waals surface area contributed by atoms with Crippen LogP contribution in [-0.4, -0.2) is 23.5 Å². The van der Waals surface area contributed by atoms with Crippen LogP contribution >= 0.6 is 11.6 Å². The minimum Gasteiger partial charge on any atom is -0.472 e. The Morgan fingerprint density at radius 3 is 2.44 bits per heavy atom. The van der Waals surface area contributed by atoms with Gasteiger partial charge in [0.1, 0.15) is 5.75 Å². The van der Waals surface area contributed by atoms with E-state index >= 15 is 0 Å². The molecule has 130 valence electrons. The highest BCUT2D eigenvalue weighted by Gasteiger charge is 2.50. The van der Waals surface area contributed by atoms with Gasteiger partial charge in [-0.2, -0.15) is 13.2 Å². The fraction of sp³-hybridized carbons (Fsp3) is 0.118. The molecular weight excluding hydrogens is 361 g/mol. The minimum atomic E-state index is -4.87. The Kier molecular flexibility index (Phi) is 4.34. The van der Waals surface area contributed by atoms with Crippen LogP contribution < -0.4 is 4.74 Å². The second-order valence-electron chi connectivity index (χ2n) is 5.15. The molecule has 1 heterocycles. The summed E-state index contributed by atoms with van der Waals surface area (Å²) in [6.07, 6.45) is -9.29. The summed E-state index contributed by atoms with van der Waals surface area (Å²) in [6.45, 7) is 0. The molecule has 0 aromatic heterocycles. The van der Waals surface area contributed by atoms with Crippen LogP contribution in [0.5, 0.6) is 5.75 Å². The fourth-order valence-electron chi connectivity index (χ4n) is 2.56. The standard InChI is InChI=1S/C17H10ClF3O4/c18-10-6-7-12-11(8-10)13(9-4-2-1-3-5-9)14(25-16(22)23)15(24-12)17(19,20)21/h1-8,15H,(H,22,23). The Bertz CT molecular complexity index is 847. The van der Waals surface area contributed by atoms with Crippen molar-refractivity contribution in [1.82, 2.24) is 0 Å². The molecule has 0 aliphatic carbocycles. The van der Waals surface area contributed by atoms with Gasteiger partial charge in [0.15, 0.2) is 5.76 Å². The normalized spacial score (nSPS) is 16.9. The lowest BCUT2D eigenvalue weighted by atomic mass is 9.92. The number of halogens is 4. The van der Waals surface area contributed by atoms with Crippen LogP contribution in [0.4, 0.5) is 18.0 Å². The lowest BCUT2D eigenvalue weighted by Gasteiger charge is -2.31. The van der Waals surface area contributed by atoms with E-state index in [1.807, 2.05) is 0 Å². The summed E-state index contributed by atoms with van der Waals surface area (Å²) in [4.78, 5) is 11.0. The van der Waals surface area contributed by atoms with Crippen molar-refractivity contribution < 1.29 is 32.5 Å². The maximum absolute atomic E-state index is 13.4. The second kappa shape index (κ2) is 6.33. The van der Waals surface area contributed by atoms with E-state index in [1.165, 1.54) is 18.2 Å². The lowest BCUT2D eigenvalue weighted by molar-refractivity contribution is -0.192. The molecule has 2 aromatic rings. The van der Waals surface area contributed by atoms with Gasteiger partial charge in [0.05, 0.1) is 0 Å². The molecule has 0 spiro atoms. The van der Waals surface area contributed by atoms with E-state index in [1.54, 1.807) is 30.3 Å². The number of alkyl halides is 3. The van der Waals surface area contributed by atoms with Crippen molar-refractivity contribution in [2.45, 2.75) is 12.3 Å². The first-order chi connectivity index (χ1) is 11.8. The lowest BCUT2D eigenvalue weighted by Crippen LogP contribution is -2.40. The molecule has 4 nitrogen and oxygen atoms in total. The quantitative estimate of drug-likeness (QED) is 0.746. The molecule has 1 aliphatic heterocycles. The Morgan fingerprint density at radius 1 is 1.16 bits per heavy atom. The first-order valence-corrected chi connectivity index (χ1v) is 7.39. The van der Waals surface area contributed by atoms with E-state index in [0.717, 1.165) is 0 Å². The summed E-state index contributed by atoms with van der Waals surface area (Å²) in [7, 11) is 0. The highest BCUT2D eigenvalue weighted by atomic mass is 35.5. The number of carbonyl (C=O) groups is 1. The number of rotatable bonds is 2. The molecule has 0 amide bonds. The van der Waals surface area contributed by atoms with Gasteiger partial charge in [-0.15, -0.1) is 0 Å². The Hall–Kier alpha value is -2.67. The monoisotopic (exact) mass is 370 g/mol. The van der Waals surface area contributed by atoms with Crippen molar-refractivity contribution in [3.05, 3.63) is 70.4 Å². The summed E-state index contributed by atoms with van der Waals surface area (Å²) in [5, 5.41) is 9.17. The fourth-order valence-corrected chi connectivity index (χ4v) is 2.73. The van der Waals surface area contributed by atoms with Gasteiger partial charge in [-0.3, -0.25) is 0 Å². The van der Waals surface area contributed by atoms with Gasteiger partial charge in [0, 0.05) is 16.2 Å². The molecule has 1 unspecified atom stereocenters. The molecule has 0 saturated carbocycles. The second-order valence-corrected chi connectivity index (χ2v) is 5.59. The van der Waals surface area contributed by atoms with Crippen LogP contribution in [0, 0.1) is 0 Å². The van der Waals surface area contributed by atoms with Crippen molar-refractivity contribution in [3.63, 3.8) is 0 Å². The van der Waals surface area contributed by atoms with E-state index in [0.29, 0.717) is 5.56 Å². The zero-order valence-electron chi connectivity index (χ0n) is 12.4. The molecule has 0 saturated heterocycles. The van der Waals surface area contributed by atoms with E-state index in [-0.39, 0.29) is 21.9 Å². The smallest absolute Gasteiger partial charge is 0.472 e. The van der Waals surface area contributed by atoms with Crippen molar-refractivity contribution in [1.29, 1.82) is 0 Å². The maximum Gasteiger partial charge on any atom is 0.511 e. The molecule has 1 atom stereocenters. The number of ether oxygens (including phenoxy) is 2. The molecule has 8 heteroatoms. The van der Waals surface area contributed by atoms with Gasteiger partial charge >= 0.3 is 12.3 Å². The van der Waals surface area contributed by atoms with Gasteiger partial charge in [0.2, 0.25) is 0 Å². The third-order valence-electron chi connectivity index (χ3n) is 3.50. The maximum atomic E-state index is 13.4. The molecule has 0 radical (unpaired) electrons. The van der Waals surface area contributed by atoms with Gasteiger partial charge in [-0.25, -0.2) is 4.79 Å². The first kappa shape index (κ1) is 17.2. The molecule has 0 bridgehead atoms. The number of fused-ring (bicyclic) bond motifs is 1. The SMILES string of the molecule is O=C(O)OC1=C(c2ccccc2)c2cc(Cl)ccc2OC1C(F)(F)F. The highest BCUT2D eigenvalue weighted by Crippen LogP contribution is 2.45. The van der Waals surface area contributed by atoms with Crippen molar-refractivity contribution in [2.75, 3.05) is 0 Å². The summed E-state index contributed by atoms with van der Waals surface area (Å²) in [5.41, 5.74) is 0.532. The number of benzene rings is 2. The Labute approximate surface area is 145 Å². The van der Waals surface area contributed by atoms with Crippen LogP contribution in [0.25, 0.3) is 5.57 Å². The zero-order valence-corrected chi connectivity index (χ0v) is 13.1. The average Bonchev–Trinajstić information content (AvgIpc) is 2.53. The van der Waals surface area contributed by atoms with Crippen LogP contribution in [-0.2, 0) is 4.74 Å². The highest BCUT2D eigenvalue weighted by molar-refractivity contribution is 6.30. The summed E-state index contributed by atoms with van der Waals surface area (Å²) < 4.78 is 49.8. The molecule has 1 aliphatic rings. The topological polar surface area (TPSA) is 55.8 Å². The molecule has 1 N–H and O–H groups in total. The number of hydrogen-bond donors (Lipinski definition) is 1. The third-order valence-corrected chi connectivity index (χ3v) is 3.73. The minimum absolute atomic E-state index is 0.0333. The zero-order chi connectivity index (χ0) is 18.2. The van der Waals surface area contributed by atoms with Gasteiger partial charge in [-0.1, -0.05) is 41.9 Å². The predicted octanol–water partition coefficient (Wildman–Crippen LogP) is 5.12. The largest absolute Gasteiger partial charge is 0.511 e. The van der Waals surface area contributed by atoms with E-state index in [9.17, 15) is 18.0 Å². The van der Waals surface area contributed by atoms with Crippen molar-refractivity contribution in [2.24, 2.45) is 0 Å². The van der Waals surface area contributed by atoms with E-state index in [4.69, 9.17) is 21.4 Å². The Morgan fingerprint density at radius 2 is 1.84 bits per heavy atom. The molecular formula is C17H10ClF3O4. The van der Waals surface area contributed by atoms with Gasteiger partial charge < -0.3 is 14.6 Å². The molecule has 3 rings (SSSR count). The van der Waals surface area contributed by atoms with Crippen LogP contribution in [0.3, 0.4) is 0 Å².